The van der Waals surface area contributed by atoms with Crippen molar-refractivity contribution in [2.24, 2.45) is 5.73 Å². The van der Waals surface area contributed by atoms with Crippen LogP contribution in [0.4, 0.5) is 0 Å². The molecule has 2 heterocycles. The maximum Gasteiger partial charge on any atom is 0.0702 e. The van der Waals surface area contributed by atoms with E-state index in [-0.39, 0.29) is 12.6 Å². The van der Waals surface area contributed by atoms with Crippen molar-refractivity contribution >= 4 is 27.3 Å². The molecule has 1 aromatic rings. The summed E-state index contributed by atoms with van der Waals surface area (Å²) in [7, 11) is 0. The molecule has 1 aromatic heterocycles. The molecule has 4 nitrogen and oxygen atoms in total. The summed E-state index contributed by atoms with van der Waals surface area (Å²) in [6.07, 6.45) is 1.13. The van der Waals surface area contributed by atoms with Crippen LogP contribution in [0.2, 0.25) is 0 Å². The van der Waals surface area contributed by atoms with Gasteiger partial charge >= 0.3 is 0 Å². The van der Waals surface area contributed by atoms with Crippen molar-refractivity contribution in [3.05, 3.63) is 20.8 Å². The Kier molecular flexibility index (Phi) is 6.45. The van der Waals surface area contributed by atoms with E-state index in [1.165, 1.54) is 4.88 Å². The van der Waals surface area contributed by atoms with Crippen molar-refractivity contribution in [1.82, 2.24) is 9.80 Å². The Bertz CT molecular complexity index is 413. The summed E-state index contributed by atoms with van der Waals surface area (Å²) in [4.78, 5) is 6.17. The van der Waals surface area contributed by atoms with Crippen LogP contribution in [0.1, 0.15) is 24.3 Å². The Morgan fingerprint density at radius 3 is 2.75 bits per heavy atom. The van der Waals surface area contributed by atoms with Crippen LogP contribution < -0.4 is 5.73 Å². The molecule has 2 rings (SSSR count). The van der Waals surface area contributed by atoms with Crippen LogP contribution in [-0.2, 0) is 0 Å². The number of halogens is 1. The molecule has 20 heavy (non-hydrogen) atoms. The molecule has 0 spiro atoms. The average molecular weight is 362 g/mol. The first kappa shape index (κ1) is 16.4. The minimum Gasteiger partial charge on any atom is -0.395 e. The van der Waals surface area contributed by atoms with Gasteiger partial charge in [-0.1, -0.05) is 0 Å². The minimum atomic E-state index is 0.116. The van der Waals surface area contributed by atoms with Gasteiger partial charge in [-0.05, 0) is 48.0 Å². The summed E-state index contributed by atoms with van der Waals surface area (Å²) in [5, 5.41) is 9.08. The van der Waals surface area contributed by atoms with Crippen LogP contribution >= 0.6 is 27.3 Å². The zero-order chi connectivity index (χ0) is 14.5. The molecule has 1 saturated heterocycles. The van der Waals surface area contributed by atoms with E-state index in [0.717, 1.165) is 42.9 Å². The summed E-state index contributed by atoms with van der Waals surface area (Å²) in [6.45, 7) is 7.28. The predicted octanol–water partition coefficient (Wildman–Crippen LogP) is 1.90. The lowest BCUT2D eigenvalue weighted by molar-refractivity contribution is 0.171. The number of hydrogen-bond donors (Lipinski definition) is 2. The number of hydrogen-bond acceptors (Lipinski definition) is 5. The number of thiophene rings is 1. The quantitative estimate of drug-likeness (QED) is 0.840. The fourth-order valence-electron chi connectivity index (χ4n) is 2.89. The molecule has 0 aliphatic carbocycles. The molecule has 114 valence electrons. The monoisotopic (exact) mass is 361 g/mol. The Labute approximate surface area is 133 Å². The summed E-state index contributed by atoms with van der Waals surface area (Å²) >= 11 is 5.32. The Hall–Kier alpha value is 0.0200. The Balaban J connectivity index is 2.06. The van der Waals surface area contributed by atoms with Crippen molar-refractivity contribution in [3.63, 3.8) is 0 Å². The maximum absolute atomic E-state index is 9.08. The number of aliphatic hydroxyl groups excluding tert-OH is 1. The van der Waals surface area contributed by atoms with Crippen molar-refractivity contribution in [1.29, 1.82) is 0 Å². The van der Waals surface area contributed by atoms with Gasteiger partial charge in [0, 0.05) is 37.1 Å². The van der Waals surface area contributed by atoms with Gasteiger partial charge in [0.25, 0.3) is 0 Å². The zero-order valence-corrected chi connectivity index (χ0v) is 14.4. The van der Waals surface area contributed by atoms with E-state index in [0.29, 0.717) is 6.04 Å². The summed E-state index contributed by atoms with van der Waals surface area (Å²) in [5.41, 5.74) is 6.25. The first-order chi connectivity index (χ1) is 9.61. The van der Waals surface area contributed by atoms with Crippen molar-refractivity contribution in [3.8, 4) is 0 Å². The fourth-order valence-corrected chi connectivity index (χ4v) is 4.57. The van der Waals surface area contributed by atoms with Crippen LogP contribution in [0.15, 0.2) is 15.9 Å². The van der Waals surface area contributed by atoms with E-state index >= 15 is 0 Å². The van der Waals surface area contributed by atoms with E-state index in [1.807, 2.05) is 0 Å². The molecule has 0 bridgehead atoms. The van der Waals surface area contributed by atoms with Gasteiger partial charge in [-0.2, -0.15) is 0 Å². The van der Waals surface area contributed by atoms with Crippen molar-refractivity contribution in [2.45, 2.75) is 25.4 Å². The molecule has 0 saturated carbocycles. The van der Waals surface area contributed by atoms with Gasteiger partial charge in [0.1, 0.15) is 0 Å². The molecule has 1 fully saturated rings. The zero-order valence-electron chi connectivity index (χ0n) is 12.0. The normalized spacial score (nSPS) is 21.6. The lowest BCUT2D eigenvalue weighted by Crippen LogP contribution is -2.41. The van der Waals surface area contributed by atoms with Crippen molar-refractivity contribution in [2.75, 3.05) is 39.3 Å². The van der Waals surface area contributed by atoms with Gasteiger partial charge in [-0.15, -0.1) is 11.3 Å². The number of aliphatic hydroxyl groups is 1. The van der Waals surface area contributed by atoms with E-state index in [9.17, 15) is 0 Å². The van der Waals surface area contributed by atoms with Gasteiger partial charge in [0.2, 0.25) is 0 Å². The highest BCUT2D eigenvalue weighted by Crippen LogP contribution is 2.32. The third kappa shape index (κ3) is 4.26. The first-order valence-corrected chi connectivity index (χ1v) is 8.81. The SMILES string of the molecule is CC(N)C(c1ccc(Br)s1)N1CCCN(CCO)CC1. The number of nitrogens with two attached hydrogens (primary N) is 1. The molecule has 6 heteroatoms. The summed E-state index contributed by atoms with van der Waals surface area (Å²) in [5.74, 6) is 0. The first-order valence-electron chi connectivity index (χ1n) is 7.20. The highest BCUT2D eigenvalue weighted by molar-refractivity contribution is 9.11. The molecule has 1 aliphatic heterocycles. The Morgan fingerprint density at radius 2 is 2.15 bits per heavy atom. The van der Waals surface area contributed by atoms with E-state index < -0.39 is 0 Å². The van der Waals surface area contributed by atoms with Crippen LogP contribution in [-0.4, -0.2) is 60.3 Å². The number of rotatable bonds is 5. The number of nitrogens with zero attached hydrogens (tertiary/aromatic N) is 2. The number of β-amino-alcohol motifs (C(OH)–C–C–N with tert-alkyl or cyclic N) is 1. The summed E-state index contributed by atoms with van der Waals surface area (Å²) in [6, 6.07) is 4.69. The largest absolute Gasteiger partial charge is 0.395 e. The fraction of sp³-hybridized carbons (Fsp3) is 0.714. The van der Waals surface area contributed by atoms with E-state index in [2.05, 4.69) is 44.8 Å². The van der Waals surface area contributed by atoms with Gasteiger partial charge in [0.05, 0.1) is 16.4 Å². The van der Waals surface area contributed by atoms with Crippen LogP contribution in [0.3, 0.4) is 0 Å². The molecule has 2 unspecified atom stereocenters. The van der Waals surface area contributed by atoms with E-state index in [1.54, 1.807) is 11.3 Å². The van der Waals surface area contributed by atoms with Gasteiger partial charge in [-0.25, -0.2) is 0 Å². The molecule has 0 radical (unpaired) electrons. The predicted molar refractivity (Wildman–Crippen MR) is 88.1 cm³/mol. The van der Waals surface area contributed by atoms with E-state index in [4.69, 9.17) is 10.8 Å². The molecular formula is C14H24BrN3OS. The highest BCUT2D eigenvalue weighted by atomic mass is 79.9. The lowest BCUT2D eigenvalue weighted by atomic mass is 10.1. The van der Waals surface area contributed by atoms with Gasteiger partial charge in [-0.3, -0.25) is 9.80 Å². The second-order valence-electron chi connectivity index (χ2n) is 5.40. The summed E-state index contributed by atoms with van der Waals surface area (Å²) < 4.78 is 1.16. The standard InChI is InChI=1S/C14H24BrN3OS/c1-11(16)14(12-3-4-13(15)20-12)18-6-2-5-17(7-8-18)9-10-19/h3-4,11,14,19H,2,5-10,16H2,1H3. The molecule has 2 atom stereocenters. The molecule has 0 amide bonds. The smallest absolute Gasteiger partial charge is 0.0702 e. The Morgan fingerprint density at radius 1 is 1.35 bits per heavy atom. The lowest BCUT2D eigenvalue weighted by Gasteiger charge is -2.32. The topological polar surface area (TPSA) is 52.7 Å². The maximum atomic E-state index is 9.08. The van der Waals surface area contributed by atoms with Crippen LogP contribution in [0, 0.1) is 0 Å². The molecule has 3 N–H and O–H groups in total. The van der Waals surface area contributed by atoms with Crippen molar-refractivity contribution < 1.29 is 5.11 Å². The van der Waals surface area contributed by atoms with Crippen LogP contribution in [0.5, 0.6) is 0 Å². The highest BCUT2D eigenvalue weighted by Gasteiger charge is 2.27. The second-order valence-corrected chi connectivity index (χ2v) is 7.90. The molecular weight excluding hydrogens is 338 g/mol. The van der Waals surface area contributed by atoms with Gasteiger partial charge < -0.3 is 10.8 Å². The average Bonchev–Trinajstić information content (AvgIpc) is 2.68. The minimum absolute atomic E-state index is 0.116. The molecule has 1 aliphatic rings. The van der Waals surface area contributed by atoms with Crippen LogP contribution in [0.25, 0.3) is 0 Å². The third-order valence-corrected chi connectivity index (χ3v) is 5.51. The van der Waals surface area contributed by atoms with Gasteiger partial charge in [0.15, 0.2) is 0 Å². The third-order valence-electron chi connectivity index (χ3n) is 3.82. The second kappa shape index (κ2) is 7.87. The molecule has 0 aromatic carbocycles.